The zero-order chi connectivity index (χ0) is 34.9. The second-order valence-electron chi connectivity index (χ2n) is 13.9. The summed E-state index contributed by atoms with van der Waals surface area (Å²) in [6.45, 7) is 6.40. The van der Waals surface area contributed by atoms with Crippen molar-refractivity contribution in [2.75, 3.05) is 0 Å². The molecule has 0 unspecified atom stereocenters. The van der Waals surface area contributed by atoms with Crippen LogP contribution in [0.4, 0.5) is 0 Å². The summed E-state index contributed by atoms with van der Waals surface area (Å²) in [4.78, 5) is 10.1. The van der Waals surface area contributed by atoms with Crippen LogP contribution in [-0.2, 0) is 25.8 Å². The standard InChI is InChI=1S/C47H34N4O.Pt/c1-29-16-20-41-39(25-29)37-19-18-35(51-42-21-17-30(2)26-40(42)38-15-10-22-48-46(38)51)28-43(37)50(41)36-24-31(3)23-34(27-36)47-49-44(32-11-6-4-7-12-32)45(52-47)33-13-8-5-9-14-33;/h4-26,44-45H,1-3H3;/q-2;+2/t44-,45-;/m1./s1. The van der Waals surface area contributed by atoms with Gasteiger partial charge in [-0.1, -0.05) is 114 Å². The van der Waals surface area contributed by atoms with E-state index < -0.39 is 0 Å². The number of hydrogen-bond donors (Lipinski definition) is 0. The summed E-state index contributed by atoms with van der Waals surface area (Å²) in [6.07, 6.45) is 1.62. The van der Waals surface area contributed by atoms with Crippen LogP contribution in [0.1, 0.15) is 45.5 Å². The van der Waals surface area contributed by atoms with Crippen molar-refractivity contribution in [1.29, 1.82) is 0 Å². The number of pyridine rings is 1. The van der Waals surface area contributed by atoms with Gasteiger partial charge < -0.3 is 13.9 Å². The Morgan fingerprint density at radius 2 is 1.25 bits per heavy atom. The second-order valence-corrected chi connectivity index (χ2v) is 13.9. The van der Waals surface area contributed by atoms with Gasteiger partial charge in [0.1, 0.15) is 23.7 Å². The molecule has 0 fully saturated rings. The van der Waals surface area contributed by atoms with Crippen molar-refractivity contribution in [3.05, 3.63) is 185 Å². The number of nitrogens with zero attached hydrogens (tertiary/aromatic N) is 4. The SMILES string of the molecule is Cc1cc(C2=N[C@H](c3ccccc3)[C@@H](c3ccccc3)O2)[c-]c(-n2c3[c-]c(-n4c5ccc(C)cc5c5cccnc54)ccc3c3cc(C)ccc32)c1.[Pt+2]. The molecule has 2 atom stereocenters. The average Bonchev–Trinajstić information content (AvgIpc) is 3.86. The molecule has 6 aromatic carbocycles. The van der Waals surface area contributed by atoms with Crippen molar-refractivity contribution in [1.82, 2.24) is 14.1 Å². The molecule has 0 saturated heterocycles. The molecule has 3 aromatic heterocycles. The molecule has 1 aliphatic heterocycles. The summed E-state index contributed by atoms with van der Waals surface area (Å²) < 4.78 is 11.3. The number of rotatable bonds is 5. The summed E-state index contributed by atoms with van der Waals surface area (Å²) in [5.41, 5.74) is 12.5. The third-order valence-corrected chi connectivity index (χ3v) is 10.3. The molecule has 258 valence electrons. The van der Waals surface area contributed by atoms with E-state index in [0.717, 1.165) is 66.6 Å². The summed E-state index contributed by atoms with van der Waals surface area (Å²) in [7, 11) is 0. The topological polar surface area (TPSA) is 44.3 Å². The molecule has 4 heterocycles. The molecule has 10 rings (SSSR count). The van der Waals surface area contributed by atoms with E-state index in [4.69, 9.17) is 14.7 Å². The van der Waals surface area contributed by atoms with Gasteiger partial charge in [-0.2, -0.15) is 6.07 Å². The van der Waals surface area contributed by atoms with Crippen molar-refractivity contribution in [2.24, 2.45) is 4.99 Å². The number of aliphatic imine (C=N–C) groups is 1. The van der Waals surface area contributed by atoms with Crippen molar-refractivity contribution in [3.63, 3.8) is 0 Å². The van der Waals surface area contributed by atoms with Crippen LogP contribution in [0, 0.1) is 32.9 Å². The fourth-order valence-electron chi connectivity index (χ4n) is 7.90. The Morgan fingerprint density at radius 3 is 1.98 bits per heavy atom. The molecule has 6 heteroatoms. The Balaban J connectivity index is 0.00000372. The zero-order valence-electron chi connectivity index (χ0n) is 29.4. The monoisotopic (exact) mass is 865 g/mol. The molecule has 0 amide bonds. The van der Waals surface area contributed by atoms with E-state index in [1.807, 2.05) is 24.4 Å². The molecule has 0 spiro atoms. The third-order valence-electron chi connectivity index (χ3n) is 10.3. The molecular weight excluding hydrogens is 832 g/mol. The summed E-state index contributed by atoms with van der Waals surface area (Å²) >= 11 is 0. The molecule has 0 saturated carbocycles. The van der Waals surface area contributed by atoms with Gasteiger partial charge in [0, 0.05) is 22.5 Å². The van der Waals surface area contributed by atoms with E-state index in [0.29, 0.717) is 5.90 Å². The van der Waals surface area contributed by atoms with Gasteiger partial charge in [0.2, 0.25) is 0 Å². The fraction of sp³-hybridized carbons (Fsp3) is 0.106. The van der Waals surface area contributed by atoms with E-state index >= 15 is 0 Å². The Morgan fingerprint density at radius 1 is 0.566 bits per heavy atom. The first kappa shape index (κ1) is 33.1. The first-order valence-electron chi connectivity index (χ1n) is 17.7. The number of fused-ring (bicyclic) bond motifs is 6. The van der Waals surface area contributed by atoms with Crippen LogP contribution in [0.2, 0.25) is 0 Å². The summed E-state index contributed by atoms with van der Waals surface area (Å²) in [5.74, 6) is 0.598. The molecule has 1 aliphatic rings. The summed E-state index contributed by atoms with van der Waals surface area (Å²) in [5, 5.41) is 4.62. The number of hydrogen-bond acceptors (Lipinski definition) is 3. The minimum Gasteiger partial charge on any atom is -0.510 e. The maximum Gasteiger partial charge on any atom is 2.00 e. The second kappa shape index (κ2) is 13.0. The van der Waals surface area contributed by atoms with E-state index in [1.165, 1.54) is 21.9 Å². The first-order chi connectivity index (χ1) is 25.5. The molecule has 0 aliphatic carbocycles. The first-order valence-corrected chi connectivity index (χ1v) is 17.7. The van der Waals surface area contributed by atoms with Gasteiger partial charge in [0.25, 0.3) is 0 Å². The van der Waals surface area contributed by atoms with Gasteiger partial charge >= 0.3 is 21.1 Å². The molecular formula is C47H34N4OPt. The summed E-state index contributed by atoms with van der Waals surface area (Å²) in [6, 6.07) is 54.4. The molecule has 9 aromatic rings. The predicted molar refractivity (Wildman–Crippen MR) is 211 cm³/mol. The van der Waals surface area contributed by atoms with Crippen LogP contribution in [0.5, 0.6) is 0 Å². The molecule has 5 nitrogen and oxygen atoms in total. The number of benzene rings is 6. The molecule has 0 bridgehead atoms. The maximum absolute atomic E-state index is 6.77. The largest absolute Gasteiger partial charge is 2.00 e. The zero-order valence-corrected chi connectivity index (χ0v) is 31.7. The van der Waals surface area contributed by atoms with Gasteiger partial charge in [-0.05, 0) is 66.4 Å². The van der Waals surface area contributed by atoms with E-state index in [2.05, 4.69) is 157 Å². The normalized spacial score (nSPS) is 15.6. The van der Waals surface area contributed by atoms with Crippen LogP contribution >= 0.6 is 0 Å². The van der Waals surface area contributed by atoms with E-state index in [1.54, 1.807) is 0 Å². The third kappa shape index (κ3) is 5.50. The predicted octanol–water partition coefficient (Wildman–Crippen LogP) is 11.1. The molecule has 53 heavy (non-hydrogen) atoms. The van der Waals surface area contributed by atoms with Crippen LogP contribution < -0.4 is 0 Å². The van der Waals surface area contributed by atoms with Crippen molar-refractivity contribution >= 4 is 49.6 Å². The van der Waals surface area contributed by atoms with Gasteiger partial charge in [0.05, 0.1) is 5.52 Å². The quantitative estimate of drug-likeness (QED) is 0.162. The van der Waals surface area contributed by atoms with Gasteiger partial charge in [-0.15, -0.1) is 41.3 Å². The minimum absolute atomic E-state index is 0. The van der Waals surface area contributed by atoms with Crippen molar-refractivity contribution in [2.45, 2.75) is 32.9 Å². The maximum atomic E-state index is 6.77. The number of aromatic nitrogens is 3. The van der Waals surface area contributed by atoms with E-state index in [9.17, 15) is 0 Å². The molecule has 0 N–H and O–H groups in total. The van der Waals surface area contributed by atoms with Gasteiger partial charge in [-0.3, -0.25) is 4.99 Å². The van der Waals surface area contributed by atoms with Crippen molar-refractivity contribution in [3.8, 4) is 11.4 Å². The van der Waals surface area contributed by atoms with Crippen LogP contribution in [0.15, 0.2) is 145 Å². The Kier molecular flexibility index (Phi) is 8.13. The average molecular weight is 866 g/mol. The van der Waals surface area contributed by atoms with Crippen molar-refractivity contribution < 1.29 is 25.8 Å². The van der Waals surface area contributed by atoms with E-state index in [-0.39, 0.29) is 33.2 Å². The van der Waals surface area contributed by atoms with Crippen LogP contribution in [0.25, 0.3) is 55.1 Å². The Hall–Kier alpha value is -5.77. The van der Waals surface area contributed by atoms with Crippen LogP contribution in [-0.4, -0.2) is 20.0 Å². The van der Waals surface area contributed by atoms with Crippen LogP contribution in [0.3, 0.4) is 0 Å². The smallest absolute Gasteiger partial charge is 0.510 e. The fourth-order valence-corrected chi connectivity index (χ4v) is 7.90. The van der Waals surface area contributed by atoms with Gasteiger partial charge in [0.15, 0.2) is 0 Å². The Bertz CT molecular complexity index is 2870. The number of aryl methyl sites for hydroxylation is 3. The number of ether oxygens (including phenoxy) is 1. The minimum atomic E-state index is -0.244. The van der Waals surface area contributed by atoms with Gasteiger partial charge in [-0.25, -0.2) is 4.98 Å². The Labute approximate surface area is 322 Å². The molecule has 0 radical (unpaired) electrons.